The van der Waals surface area contributed by atoms with Crippen LogP contribution < -0.4 is 5.32 Å². The van der Waals surface area contributed by atoms with Gasteiger partial charge in [-0.05, 0) is 31.0 Å². The normalized spacial score (nSPS) is 12.6. The van der Waals surface area contributed by atoms with Crippen LogP contribution in [0.4, 0.5) is 0 Å². The van der Waals surface area contributed by atoms with Gasteiger partial charge in [0, 0.05) is 6.04 Å². The van der Waals surface area contributed by atoms with E-state index in [1.165, 1.54) is 49.7 Å². The van der Waals surface area contributed by atoms with Crippen LogP contribution in [0.15, 0.2) is 24.3 Å². The summed E-state index contributed by atoms with van der Waals surface area (Å²) in [6.45, 7) is 4.49. The molecule has 0 fully saturated rings. The fourth-order valence-electron chi connectivity index (χ4n) is 2.28. The van der Waals surface area contributed by atoms with Crippen LogP contribution in [-0.4, -0.2) is 7.05 Å². The van der Waals surface area contributed by atoms with Gasteiger partial charge in [0.15, 0.2) is 0 Å². The van der Waals surface area contributed by atoms with Crippen LogP contribution in [0.5, 0.6) is 0 Å². The quantitative estimate of drug-likeness (QED) is 0.653. The summed E-state index contributed by atoms with van der Waals surface area (Å²) in [6, 6.07) is 9.67. The molecule has 1 rings (SSSR count). The number of benzene rings is 1. The lowest BCUT2D eigenvalue weighted by atomic mass is 9.98. The average Bonchev–Trinajstić information content (AvgIpc) is 2.36. The molecule has 17 heavy (non-hydrogen) atoms. The minimum atomic E-state index is 0.525. The molecule has 0 heterocycles. The van der Waals surface area contributed by atoms with Crippen molar-refractivity contribution in [1.29, 1.82) is 0 Å². The summed E-state index contributed by atoms with van der Waals surface area (Å²) in [5, 5.41) is 3.43. The Balaban J connectivity index is 2.55. The second-order valence-electron chi connectivity index (χ2n) is 4.83. The van der Waals surface area contributed by atoms with Crippen molar-refractivity contribution in [3.8, 4) is 0 Å². The van der Waals surface area contributed by atoms with Crippen LogP contribution in [0.1, 0.15) is 63.1 Å². The molecule has 1 nitrogen and oxygen atoms in total. The highest BCUT2D eigenvalue weighted by Crippen LogP contribution is 2.20. The summed E-state index contributed by atoms with van der Waals surface area (Å²) in [5.74, 6) is 0. The molecule has 0 radical (unpaired) electrons. The van der Waals surface area contributed by atoms with E-state index in [1.807, 2.05) is 0 Å². The maximum atomic E-state index is 3.43. The van der Waals surface area contributed by atoms with Gasteiger partial charge >= 0.3 is 0 Å². The molecular formula is C16H27N. The lowest BCUT2D eigenvalue weighted by molar-refractivity contribution is 0.512. The molecule has 1 unspecified atom stereocenters. The van der Waals surface area contributed by atoms with Gasteiger partial charge in [-0.3, -0.25) is 0 Å². The second-order valence-corrected chi connectivity index (χ2v) is 4.83. The zero-order valence-corrected chi connectivity index (χ0v) is 11.6. The van der Waals surface area contributed by atoms with Crippen molar-refractivity contribution >= 4 is 0 Å². The van der Waals surface area contributed by atoms with Gasteiger partial charge in [-0.2, -0.15) is 0 Å². The van der Waals surface area contributed by atoms with Crippen LogP contribution >= 0.6 is 0 Å². The molecule has 0 saturated carbocycles. The lowest BCUT2D eigenvalue weighted by Gasteiger charge is -2.16. The Morgan fingerprint density at radius 2 is 1.71 bits per heavy atom. The van der Waals surface area contributed by atoms with Crippen LogP contribution in [0.3, 0.4) is 0 Å². The predicted octanol–water partition coefficient (Wildman–Crippen LogP) is 4.48. The van der Waals surface area contributed by atoms with Crippen molar-refractivity contribution in [3.05, 3.63) is 35.4 Å². The first-order valence-electron chi connectivity index (χ1n) is 7.07. The first-order valence-corrected chi connectivity index (χ1v) is 7.07. The average molecular weight is 233 g/mol. The zero-order valence-electron chi connectivity index (χ0n) is 11.6. The molecule has 0 aliphatic heterocycles. The van der Waals surface area contributed by atoms with Gasteiger partial charge in [0.1, 0.15) is 0 Å². The van der Waals surface area contributed by atoms with Gasteiger partial charge in [0.2, 0.25) is 0 Å². The summed E-state index contributed by atoms with van der Waals surface area (Å²) < 4.78 is 0. The SMILES string of the molecule is CCCCCC(NC)c1ccc(CCC)cc1. The molecule has 0 aromatic heterocycles. The Bertz CT molecular complexity index is 289. The minimum absolute atomic E-state index is 0.525. The fourth-order valence-corrected chi connectivity index (χ4v) is 2.28. The van der Waals surface area contributed by atoms with E-state index >= 15 is 0 Å². The second kappa shape index (κ2) is 8.30. The highest BCUT2D eigenvalue weighted by atomic mass is 14.9. The molecule has 0 bridgehead atoms. The van der Waals surface area contributed by atoms with Gasteiger partial charge in [-0.25, -0.2) is 0 Å². The van der Waals surface area contributed by atoms with Crippen molar-refractivity contribution in [1.82, 2.24) is 5.32 Å². The molecule has 96 valence electrons. The summed E-state index contributed by atoms with van der Waals surface area (Å²) in [7, 11) is 2.07. The van der Waals surface area contributed by atoms with E-state index in [-0.39, 0.29) is 0 Å². The van der Waals surface area contributed by atoms with Crippen LogP contribution in [0.25, 0.3) is 0 Å². The van der Waals surface area contributed by atoms with Gasteiger partial charge < -0.3 is 5.32 Å². The first-order chi connectivity index (χ1) is 8.31. The van der Waals surface area contributed by atoms with Gasteiger partial charge in [0.25, 0.3) is 0 Å². The number of aryl methyl sites for hydroxylation is 1. The standard InChI is InChI=1S/C16H27N/c1-4-6-7-9-16(17-3)15-12-10-14(8-5-2)11-13-15/h10-13,16-17H,4-9H2,1-3H3. The Morgan fingerprint density at radius 3 is 2.24 bits per heavy atom. The third-order valence-electron chi connectivity index (χ3n) is 3.37. The predicted molar refractivity (Wildman–Crippen MR) is 76.4 cm³/mol. The molecule has 0 saturated heterocycles. The minimum Gasteiger partial charge on any atom is -0.313 e. The fraction of sp³-hybridized carbons (Fsp3) is 0.625. The van der Waals surface area contributed by atoms with Crippen LogP contribution in [0.2, 0.25) is 0 Å². The number of rotatable bonds is 8. The lowest BCUT2D eigenvalue weighted by Crippen LogP contribution is -2.16. The summed E-state index contributed by atoms with van der Waals surface area (Å²) >= 11 is 0. The van der Waals surface area contributed by atoms with E-state index in [2.05, 4.69) is 50.5 Å². The molecule has 0 aliphatic rings. The first kappa shape index (κ1) is 14.2. The molecule has 1 atom stereocenters. The van der Waals surface area contributed by atoms with E-state index in [0.29, 0.717) is 6.04 Å². The smallest absolute Gasteiger partial charge is 0.0317 e. The monoisotopic (exact) mass is 233 g/mol. The molecule has 1 aromatic carbocycles. The molecule has 0 aliphatic carbocycles. The summed E-state index contributed by atoms with van der Waals surface area (Å²) in [5.41, 5.74) is 2.89. The van der Waals surface area contributed by atoms with E-state index in [0.717, 1.165) is 0 Å². The Morgan fingerprint density at radius 1 is 1.00 bits per heavy atom. The highest BCUT2D eigenvalue weighted by Gasteiger charge is 2.08. The van der Waals surface area contributed by atoms with Crippen LogP contribution in [-0.2, 0) is 6.42 Å². The molecule has 1 N–H and O–H groups in total. The van der Waals surface area contributed by atoms with E-state index < -0.39 is 0 Å². The third-order valence-corrected chi connectivity index (χ3v) is 3.37. The Labute approximate surface area is 107 Å². The summed E-state index contributed by atoms with van der Waals surface area (Å²) in [6.07, 6.45) is 7.62. The topological polar surface area (TPSA) is 12.0 Å². The third kappa shape index (κ3) is 4.91. The van der Waals surface area contributed by atoms with E-state index in [1.54, 1.807) is 0 Å². The maximum absolute atomic E-state index is 3.43. The van der Waals surface area contributed by atoms with Gasteiger partial charge in [0.05, 0.1) is 0 Å². The van der Waals surface area contributed by atoms with Gasteiger partial charge in [-0.1, -0.05) is 63.8 Å². The van der Waals surface area contributed by atoms with E-state index in [4.69, 9.17) is 0 Å². The molecule has 0 amide bonds. The Hall–Kier alpha value is -0.820. The summed E-state index contributed by atoms with van der Waals surface area (Å²) in [4.78, 5) is 0. The zero-order chi connectivity index (χ0) is 12.5. The molecule has 1 heteroatoms. The largest absolute Gasteiger partial charge is 0.313 e. The molecular weight excluding hydrogens is 206 g/mol. The number of hydrogen-bond donors (Lipinski definition) is 1. The maximum Gasteiger partial charge on any atom is 0.0317 e. The number of unbranched alkanes of at least 4 members (excludes halogenated alkanes) is 2. The van der Waals surface area contributed by atoms with Crippen molar-refractivity contribution in [2.24, 2.45) is 0 Å². The van der Waals surface area contributed by atoms with Crippen molar-refractivity contribution in [2.75, 3.05) is 7.05 Å². The van der Waals surface area contributed by atoms with Crippen molar-refractivity contribution < 1.29 is 0 Å². The van der Waals surface area contributed by atoms with E-state index in [9.17, 15) is 0 Å². The van der Waals surface area contributed by atoms with Crippen molar-refractivity contribution in [3.63, 3.8) is 0 Å². The Kier molecular flexibility index (Phi) is 6.95. The number of nitrogens with one attached hydrogen (secondary N) is 1. The number of hydrogen-bond acceptors (Lipinski definition) is 1. The van der Waals surface area contributed by atoms with Crippen molar-refractivity contribution in [2.45, 2.75) is 58.4 Å². The highest BCUT2D eigenvalue weighted by molar-refractivity contribution is 5.25. The van der Waals surface area contributed by atoms with Crippen LogP contribution in [0, 0.1) is 0 Å². The molecule has 1 aromatic rings. The van der Waals surface area contributed by atoms with Gasteiger partial charge in [-0.15, -0.1) is 0 Å². The molecule has 0 spiro atoms.